The van der Waals surface area contributed by atoms with Gasteiger partial charge in [-0.05, 0) is 25.0 Å². The molecule has 0 spiro atoms. The molecular formula is C24H24N4O9. The van der Waals surface area contributed by atoms with E-state index in [4.69, 9.17) is 23.4 Å². The molecule has 194 valence electrons. The van der Waals surface area contributed by atoms with Crippen LogP contribution in [-0.4, -0.2) is 55.2 Å². The van der Waals surface area contributed by atoms with Crippen molar-refractivity contribution < 1.29 is 33.2 Å². The van der Waals surface area contributed by atoms with Gasteiger partial charge in [-0.3, -0.25) is 25.7 Å². The zero-order valence-corrected chi connectivity index (χ0v) is 19.8. The van der Waals surface area contributed by atoms with Crippen molar-refractivity contribution in [2.75, 3.05) is 45.1 Å². The highest BCUT2D eigenvalue weighted by molar-refractivity contribution is 6.12. The highest BCUT2D eigenvalue weighted by Gasteiger charge is 2.26. The summed E-state index contributed by atoms with van der Waals surface area (Å²) in [6.07, 6.45) is 2.08. The smallest absolute Gasteiger partial charge is 0.301 e. The number of anilines is 1. The Bertz CT molecular complexity index is 1370. The maximum Gasteiger partial charge on any atom is 0.301 e. The molecule has 2 aliphatic rings. The van der Waals surface area contributed by atoms with Gasteiger partial charge in [0, 0.05) is 29.5 Å². The van der Waals surface area contributed by atoms with Crippen LogP contribution < -0.4 is 14.9 Å². The van der Waals surface area contributed by atoms with Crippen molar-refractivity contribution in [3.63, 3.8) is 0 Å². The zero-order chi connectivity index (χ0) is 25.8. The third kappa shape index (κ3) is 5.32. The predicted molar refractivity (Wildman–Crippen MR) is 132 cm³/mol. The minimum atomic E-state index is -0.686. The first-order chi connectivity index (χ1) is 18.0. The van der Waals surface area contributed by atoms with Crippen molar-refractivity contribution >= 4 is 33.7 Å². The quantitative estimate of drug-likeness (QED) is 0.396. The summed E-state index contributed by atoms with van der Waals surface area (Å²) in [5.41, 5.74) is 4.00. The summed E-state index contributed by atoms with van der Waals surface area (Å²) in [5.74, 6) is 1.80. The van der Waals surface area contributed by atoms with Gasteiger partial charge in [0.25, 0.3) is 5.69 Å². The van der Waals surface area contributed by atoms with E-state index in [9.17, 15) is 20.2 Å². The Balaban J connectivity index is 1.49. The molecular weight excluding hydrogens is 488 g/mol. The second-order valence-corrected chi connectivity index (χ2v) is 8.36. The van der Waals surface area contributed by atoms with E-state index < -0.39 is 15.5 Å². The molecule has 0 saturated carbocycles. The molecule has 5 rings (SSSR count). The summed E-state index contributed by atoms with van der Waals surface area (Å²) in [5, 5.41) is 27.8. The van der Waals surface area contributed by atoms with Gasteiger partial charge in [-0.15, -0.1) is 0 Å². The number of fused-ring (bicyclic) bond motifs is 4. The average Bonchev–Trinajstić information content (AvgIpc) is 3.25. The highest BCUT2D eigenvalue weighted by atomic mass is 16.6. The van der Waals surface area contributed by atoms with E-state index in [1.165, 1.54) is 12.1 Å². The lowest BCUT2D eigenvalue weighted by Crippen LogP contribution is -2.16. The third-order valence-corrected chi connectivity index (χ3v) is 5.98. The Hall–Kier alpha value is -4.23. The molecule has 0 amide bonds. The number of nitro benzene ring substituents is 2. The zero-order valence-electron chi connectivity index (χ0n) is 19.8. The Morgan fingerprint density at radius 1 is 0.838 bits per heavy atom. The lowest BCUT2D eigenvalue weighted by atomic mass is 9.94. The van der Waals surface area contributed by atoms with Crippen molar-refractivity contribution in [3.8, 4) is 11.5 Å². The molecule has 3 aromatic rings. The van der Waals surface area contributed by atoms with E-state index in [1.807, 2.05) is 6.07 Å². The van der Waals surface area contributed by atoms with Crippen LogP contribution in [0, 0.1) is 20.2 Å². The van der Waals surface area contributed by atoms with E-state index in [-0.39, 0.29) is 11.4 Å². The number of rotatable bonds is 4. The molecule has 0 atom stereocenters. The van der Waals surface area contributed by atoms with Gasteiger partial charge < -0.3 is 23.4 Å². The molecule has 0 fully saturated rings. The molecule has 2 heterocycles. The SMILES string of the molecule is O=[N+]([O-])c1ccc(N/N=C2/CCCc3oc4cc5c(cc4c32)OCCOCCOCCO5)c([N+](=O)[O-])c1. The summed E-state index contributed by atoms with van der Waals surface area (Å²) < 4.78 is 29.0. The van der Waals surface area contributed by atoms with Crippen LogP contribution in [-0.2, 0) is 15.9 Å². The van der Waals surface area contributed by atoms with Crippen LogP contribution in [0.5, 0.6) is 11.5 Å². The Labute approximate surface area is 210 Å². The number of furan rings is 1. The van der Waals surface area contributed by atoms with E-state index in [0.717, 1.165) is 29.2 Å². The topological polar surface area (TPSA) is 161 Å². The molecule has 1 aliphatic carbocycles. The first-order valence-corrected chi connectivity index (χ1v) is 11.8. The van der Waals surface area contributed by atoms with Crippen LogP contribution >= 0.6 is 0 Å². The number of nitrogens with one attached hydrogen (secondary N) is 1. The van der Waals surface area contributed by atoms with Gasteiger partial charge >= 0.3 is 5.69 Å². The minimum absolute atomic E-state index is 0.0476. The fraction of sp³-hybridized carbons (Fsp3) is 0.375. The van der Waals surface area contributed by atoms with Gasteiger partial charge in [0.2, 0.25) is 0 Å². The van der Waals surface area contributed by atoms with Crippen molar-refractivity contribution in [2.24, 2.45) is 5.10 Å². The first kappa shape index (κ1) is 24.5. The van der Waals surface area contributed by atoms with E-state index in [0.29, 0.717) is 75.3 Å². The maximum atomic E-state index is 11.5. The molecule has 1 aliphatic heterocycles. The number of non-ortho nitro benzene ring substituents is 1. The maximum absolute atomic E-state index is 11.5. The summed E-state index contributed by atoms with van der Waals surface area (Å²) in [6.45, 7) is 2.44. The number of nitrogens with zero attached hydrogens (tertiary/aromatic N) is 3. The fourth-order valence-electron chi connectivity index (χ4n) is 4.28. The van der Waals surface area contributed by atoms with Gasteiger partial charge in [-0.25, -0.2) is 0 Å². The summed E-state index contributed by atoms with van der Waals surface area (Å²) in [6, 6.07) is 6.99. The van der Waals surface area contributed by atoms with Crippen molar-refractivity contribution in [1.29, 1.82) is 0 Å². The molecule has 2 aromatic carbocycles. The lowest BCUT2D eigenvalue weighted by Gasteiger charge is -2.16. The van der Waals surface area contributed by atoms with Crippen LogP contribution in [0.15, 0.2) is 39.9 Å². The average molecular weight is 512 g/mol. The highest BCUT2D eigenvalue weighted by Crippen LogP contribution is 2.39. The molecule has 1 N–H and O–H groups in total. The Kier molecular flexibility index (Phi) is 7.14. The van der Waals surface area contributed by atoms with Crippen molar-refractivity contribution in [1.82, 2.24) is 0 Å². The number of benzene rings is 2. The number of ether oxygens (including phenoxy) is 4. The molecule has 0 unspecified atom stereocenters. The normalized spacial score (nSPS) is 17.5. The van der Waals surface area contributed by atoms with Crippen LogP contribution in [0.3, 0.4) is 0 Å². The number of nitro groups is 2. The summed E-state index contributed by atoms with van der Waals surface area (Å²) in [7, 11) is 0. The van der Waals surface area contributed by atoms with Gasteiger partial charge in [0.15, 0.2) is 11.5 Å². The molecule has 13 heteroatoms. The van der Waals surface area contributed by atoms with Crippen molar-refractivity contribution in [2.45, 2.75) is 19.3 Å². The summed E-state index contributed by atoms with van der Waals surface area (Å²) >= 11 is 0. The lowest BCUT2D eigenvalue weighted by molar-refractivity contribution is -0.393. The van der Waals surface area contributed by atoms with Crippen LogP contribution in [0.1, 0.15) is 24.2 Å². The molecule has 0 bridgehead atoms. The number of aryl methyl sites for hydroxylation is 1. The largest absolute Gasteiger partial charge is 0.487 e. The van der Waals surface area contributed by atoms with Gasteiger partial charge in [-0.1, -0.05) is 0 Å². The monoisotopic (exact) mass is 512 g/mol. The van der Waals surface area contributed by atoms with Crippen LogP contribution in [0.4, 0.5) is 17.1 Å². The van der Waals surface area contributed by atoms with Gasteiger partial charge in [-0.2, -0.15) is 5.10 Å². The van der Waals surface area contributed by atoms with E-state index in [2.05, 4.69) is 10.5 Å². The number of hydrazone groups is 1. The van der Waals surface area contributed by atoms with Crippen LogP contribution in [0.25, 0.3) is 11.0 Å². The van der Waals surface area contributed by atoms with E-state index >= 15 is 0 Å². The molecule has 1 aromatic heterocycles. The third-order valence-electron chi connectivity index (χ3n) is 5.98. The predicted octanol–water partition coefficient (Wildman–Crippen LogP) is 4.21. The Morgan fingerprint density at radius 3 is 2.24 bits per heavy atom. The fourth-order valence-corrected chi connectivity index (χ4v) is 4.28. The van der Waals surface area contributed by atoms with Gasteiger partial charge in [0.1, 0.15) is 30.2 Å². The molecule has 37 heavy (non-hydrogen) atoms. The second kappa shape index (κ2) is 10.8. The number of hydrogen-bond acceptors (Lipinski definition) is 11. The number of hydrogen-bond donors (Lipinski definition) is 1. The van der Waals surface area contributed by atoms with Crippen LogP contribution in [0.2, 0.25) is 0 Å². The Morgan fingerprint density at radius 2 is 1.54 bits per heavy atom. The standard InChI is InChI=1S/C24H24N4O9/c29-27(30)15-4-5-17(19(12-15)28(31)32)25-26-18-2-1-3-20-24(18)16-13-22-23(14-21(16)37-20)36-11-9-34-7-6-33-8-10-35-22/h4-5,12-14,25H,1-3,6-11H2/b26-18-. The second-order valence-electron chi connectivity index (χ2n) is 8.36. The molecule has 0 radical (unpaired) electrons. The molecule has 0 saturated heterocycles. The minimum Gasteiger partial charge on any atom is -0.487 e. The molecule has 13 nitrogen and oxygen atoms in total. The first-order valence-electron chi connectivity index (χ1n) is 11.8. The summed E-state index contributed by atoms with van der Waals surface area (Å²) in [4.78, 5) is 21.1. The van der Waals surface area contributed by atoms with Gasteiger partial charge in [0.05, 0.1) is 48.1 Å². The van der Waals surface area contributed by atoms with E-state index in [1.54, 1.807) is 6.07 Å². The van der Waals surface area contributed by atoms with Crippen molar-refractivity contribution in [3.05, 3.63) is 61.9 Å².